The maximum absolute atomic E-state index is 5.74. The quantitative estimate of drug-likeness (QED) is 0.734. The van der Waals surface area contributed by atoms with E-state index < -0.39 is 0 Å². The molecule has 82 valence electrons. The van der Waals surface area contributed by atoms with Crippen LogP contribution in [0.1, 0.15) is 11.7 Å². The summed E-state index contributed by atoms with van der Waals surface area (Å²) in [7, 11) is 0. The van der Waals surface area contributed by atoms with E-state index in [1.165, 1.54) is 5.56 Å². The number of ether oxygens (including phenoxy) is 1. The summed E-state index contributed by atoms with van der Waals surface area (Å²) in [6, 6.07) is 4.02. The lowest BCUT2D eigenvalue weighted by molar-refractivity contribution is -0.0279. The zero-order chi connectivity index (χ0) is 10.5. The van der Waals surface area contributed by atoms with Gasteiger partial charge in [0.15, 0.2) is 0 Å². The molecular weight excluding hydrogens is 212 g/mol. The molecule has 1 aliphatic rings. The van der Waals surface area contributed by atoms with Crippen molar-refractivity contribution in [2.45, 2.75) is 6.10 Å². The minimum atomic E-state index is 0.171. The lowest BCUT2D eigenvalue weighted by Gasteiger charge is -2.32. The minimum absolute atomic E-state index is 0.171. The Morgan fingerprint density at radius 2 is 2.27 bits per heavy atom. The Balaban J connectivity index is 1.98. The van der Waals surface area contributed by atoms with Crippen molar-refractivity contribution in [1.82, 2.24) is 9.88 Å². The van der Waals surface area contributed by atoms with Gasteiger partial charge in [0, 0.05) is 37.9 Å². The lowest BCUT2D eigenvalue weighted by Crippen LogP contribution is -2.39. The van der Waals surface area contributed by atoms with Crippen LogP contribution in [0.4, 0.5) is 0 Å². The fourth-order valence-electron chi connectivity index (χ4n) is 1.80. The van der Waals surface area contributed by atoms with Gasteiger partial charge in [0.25, 0.3) is 0 Å². The van der Waals surface area contributed by atoms with E-state index in [4.69, 9.17) is 16.3 Å². The molecule has 15 heavy (non-hydrogen) atoms. The molecule has 0 amide bonds. The smallest absolute Gasteiger partial charge is 0.0953 e. The number of pyridine rings is 1. The first kappa shape index (κ1) is 10.9. The third kappa shape index (κ3) is 2.91. The molecule has 1 saturated heterocycles. The van der Waals surface area contributed by atoms with Crippen LogP contribution in [0.3, 0.4) is 0 Å². The molecule has 1 aromatic heterocycles. The summed E-state index contributed by atoms with van der Waals surface area (Å²) in [6.07, 6.45) is 3.78. The monoisotopic (exact) mass is 226 g/mol. The number of halogens is 1. The minimum Gasteiger partial charge on any atom is -0.371 e. The van der Waals surface area contributed by atoms with Crippen molar-refractivity contribution < 1.29 is 4.74 Å². The average Bonchev–Trinajstić information content (AvgIpc) is 2.31. The predicted molar refractivity (Wildman–Crippen MR) is 60.1 cm³/mol. The third-order valence-corrected chi connectivity index (χ3v) is 2.80. The second kappa shape index (κ2) is 5.45. The fraction of sp³-hybridized carbons (Fsp3) is 0.545. The summed E-state index contributed by atoms with van der Waals surface area (Å²) in [6.45, 7) is 3.63. The highest BCUT2D eigenvalue weighted by molar-refractivity contribution is 6.18. The Morgan fingerprint density at radius 3 is 3.00 bits per heavy atom. The molecule has 1 atom stereocenters. The van der Waals surface area contributed by atoms with Crippen LogP contribution in [-0.2, 0) is 4.74 Å². The van der Waals surface area contributed by atoms with Gasteiger partial charge in [-0.3, -0.25) is 9.88 Å². The molecular formula is C11H15ClN2O. The van der Waals surface area contributed by atoms with Crippen molar-refractivity contribution in [3.63, 3.8) is 0 Å². The lowest BCUT2D eigenvalue weighted by atomic mass is 10.1. The number of rotatable bonds is 3. The average molecular weight is 227 g/mol. The van der Waals surface area contributed by atoms with E-state index in [0.29, 0.717) is 5.88 Å². The standard InChI is InChI=1S/C11H15ClN2O/c12-3-6-14-7-8-15-11(9-14)10-1-4-13-5-2-10/h1-2,4-5,11H,3,6-9H2. The molecule has 3 nitrogen and oxygen atoms in total. The number of hydrogen-bond acceptors (Lipinski definition) is 3. The number of nitrogens with zero attached hydrogens (tertiary/aromatic N) is 2. The third-order valence-electron chi connectivity index (χ3n) is 2.63. The summed E-state index contributed by atoms with van der Waals surface area (Å²) < 4.78 is 5.73. The van der Waals surface area contributed by atoms with Gasteiger partial charge in [-0.25, -0.2) is 0 Å². The molecule has 1 unspecified atom stereocenters. The van der Waals surface area contributed by atoms with Crippen molar-refractivity contribution in [3.05, 3.63) is 30.1 Å². The van der Waals surface area contributed by atoms with E-state index >= 15 is 0 Å². The highest BCUT2D eigenvalue weighted by atomic mass is 35.5. The van der Waals surface area contributed by atoms with Crippen LogP contribution in [0.5, 0.6) is 0 Å². The summed E-state index contributed by atoms with van der Waals surface area (Å²) in [5, 5.41) is 0. The van der Waals surface area contributed by atoms with Gasteiger partial charge in [-0.2, -0.15) is 0 Å². The number of hydrogen-bond donors (Lipinski definition) is 0. The van der Waals surface area contributed by atoms with Crippen LogP contribution >= 0.6 is 11.6 Å². The first-order valence-corrected chi connectivity index (χ1v) is 5.73. The number of alkyl halides is 1. The van der Waals surface area contributed by atoms with E-state index in [2.05, 4.69) is 9.88 Å². The van der Waals surface area contributed by atoms with Crippen LogP contribution < -0.4 is 0 Å². The first-order valence-electron chi connectivity index (χ1n) is 5.20. The van der Waals surface area contributed by atoms with Crippen molar-refractivity contribution >= 4 is 11.6 Å². The van der Waals surface area contributed by atoms with E-state index in [0.717, 1.165) is 26.2 Å². The molecule has 0 saturated carbocycles. The Labute approximate surface area is 95.0 Å². The molecule has 0 N–H and O–H groups in total. The molecule has 0 aromatic carbocycles. The van der Waals surface area contributed by atoms with Crippen LogP contribution in [0.2, 0.25) is 0 Å². The van der Waals surface area contributed by atoms with Gasteiger partial charge in [0.1, 0.15) is 0 Å². The largest absolute Gasteiger partial charge is 0.371 e. The molecule has 1 aliphatic heterocycles. The highest BCUT2D eigenvalue weighted by Crippen LogP contribution is 2.21. The summed E-state index contributed by atoms with van der Waals surface area (Å²) in [5.41, 5.74) is 1.20. The maximum atomic E-state index is 5.74. The van der Waals surface area contributed by atoms with Gasteiger partial charge in [0.05, 0.1) is 12.7 Å². The van der Waals surface area contributed by atoms with Crippen molar-refractivity contribution in [1.29, 1.82) is 0 Å². The summed E-state index contributed by atoms with van der Waals surface area (Å²) in [5.74, 6) is 0.684. The van der Waals surface area contributed by atoms with E-state index in [-0.39, 0.29) is 6.10 Å². The molecule has 2 heterocycles. The zero-order valence-electron chi connectivity index (χ0n) is 8.60. The summed E-state index contributed by atoms with van der Waals surface area (Å²) >= 11 is 5.74. The highest BCUT2D eigenvalue weighted by Gasteiger charge is 2.20. The van der Waals surface area contributed by atoms with E-state index in [9.17, 15) is 0 Å². The van der Waals surface area contributed by atoms with Crippen molar-refractivity contribution in [3.8, 4) is 0 Å². The fourth-order valence-corrected chi connectivity index (χ4v) is 2.04. The molecule has 4 heteroatoms. The Bertz CT molecular complexity index is 292. The second-order valence-electron chi connectivity index (χ2n) is 3.63. The predicted octanol–water partition coefficient (Wildman–Crippen LogP) is 1.69. The van der Waals surface area contributed by atoms with Gasteiger partial charge in [-0.1, -0.05) is 0 Å². The molecule has 0 radical (unpaired) electrons. The van der Waals surface area contributed by atoms with Crippen LogP contribution in [0, 0.1) is 0 Å². The van der Waals surface area contributed by atoms with Gasteiger partial charge >= 0.3 is 0 Å². The molecule has 0 spiro atoms. The molecule has 0 bridgehead atoms. The SMILES string of the molecule is ClCCN1CCOC(c2ccncc2)C1. The zero-order valence-corrected chi connectivity index (χ0v) is 9.36. The van der Waals surface area contributed by atoms with E-state index in [1.54, 1.807) is 12.4 Å². The normalized spacial score (nSPS) is 22.9. The molecule has 1 fully saturated rings. The Morgan fingerprint density at radius 1 is 1.47 bits per heavy atom. The van der Waals surface area contributed by atoms with E-state index in [1.807, 2.05) is 12.1 Å². The van der Waals surface area contributed by atoms with Gasteiger partial charge in [0.2, 0.25) is 0 Å². The number of morpholine rings is 1. The Kier molecular flexibility index (Phi) is 3.94. The molecule has 1 aromatic rings. The van der Waals surface area contributed by atoms with Gasteiger partial charge < -0.3 is 4.74 Å². The van der Waals surface area contributed by atoms with Crippen LogP contribution in [0.25, 0.3) is 0 Å². The van der Waals surface area contributed by atoms with Crippen LogP contribution in [-0.4, -0.2) is 42.0 Å². The topological polar surface area (TPSA) is 25.4 Å². The van der Waals surface area contributed by atoms with Crippen molar-refractivity contribution in [2.24, 2.45) is 0 Å². The second-order valence-corrected chi connectivity index (χ2v) is 4.01. The first-order chi connectivity index (χ1) is 7.40. The van der Waals surface area contributed by atoms with Crippen molar-refractivity contribution in [2.75, 3.05) is 32.1 Å². The molecule has 2 rings (SSSR count). The maximum Gasteiger partial charge on any atom is 0.0953 e. The van der Waals surface area contributed by atoms with Crippen LogP contribution in [0.15, 0.2) is 24.5 Å². The molecule has 0 aliphatic carbocycles. The van der Waals surface area contributed by atoms with Gasteiger partial charge in [-0.05, 0) is 17.7 Å². The summed E-state index contributed by atoms with van der Waals surface area (Å²) in [4.78, 5) is 6.34. The van der Waals surface area contributed by atoms with Gasteiger partial charge in [-0.15, -0.1) is 11.6 Å². The Hall–Kier alpha value is -0.640. The number of aromatic nitrogens is 1.